The van der Waals surface area contributed by atoms with Gasteiger partial charge in [-0.1, -0.05) is 30.2 Å². The number of rotatable bonds is 5. The Balaban J connectivity index is 1.36. The summed E-state index contributed by atoms with van der Waals surface area (Å²) in [6.07, 6.45) is 11.0. The molecule has 1 aromatic rings. The highest BCUT2D eigenvalue weighted by Gasteiger charge is 2.61. The Labute approximate surface area is 227 Å². The van der Waals surface area contributed by atoms with E-state index in [4.69, 9.17) is 4.52 Å². The van der Waals surface area contributed by atoms with Gasteiger partial charge in [0.05, 0.1) is 5.25 Å². The smallest absolute Gasteiger partial charge is 0.274 e. The molecule has 2 saturated carbocycles. The quantitative estimate of drug-likeness (QED) is 0.449. The van der Waals surface area contributed by atoms with Crippen molar-refractivity contribution in [2.24, 2.45) is 5.92 Å². The molecule has 0 unspecified atom stereocenters. The van der Waals surface area contributed by atoms with Crippen LogP contribution in [-0.4, -0.2) is 71.5 Å². The number of amides is 4. The standard InChI is InChI=1S/C26H35N5O7S/c1-16-15-38-29-21(16)23(33)27-19-9-6-4-2-3-5-8-17-14-26(17,25(35)30-39(36,37)18-11-12-18)28-22(32)20-10-7-13-31(20)24(19)34/h5,8,15,17-20H,2-4,6-7,9-14H2,1H3,(H,27,33)(H,28,32)(H,30,35)/b8-5-/t17-,19+,20+,26-/m1/s1. The van der Waals surface area contributed by atoms with Crippen molar-refractivity contribution in [1.82, 2.24) is 25.4 Å². The Hall–Kier alpha value is -3.22. The molecule has 4 amide bonds. The van der Waals surface area contributed by atoms with E-state index in [1.807, 2.05) is 12.2 Å². The lowest BCUT2D eigenvalue weighted by molar-refractivity contribution is -0.141. The van der Waals surface area contributed by atoms with Gasteiger partial charge in [0.25, 0.3) is 11.8 Å². The monoisotopic (exact) mass is 561 g/mol. The number of hydrogen-bond acceptors (Lipinski definition) is 8. The lowest BCUT2D eigenvalue weighted by atomic mass is 10.0. The van der Waals surface area contributed by atoms with Gasteiger partial charge in [0.15, 0.2) is 5.69 Å². The highest BCUT2D eigenvalue weighted by Crippen LogP contribution is 2.46. The molecular formula is C26H35N5O7S. The average Bonchev–Trinajstić information content (AvgIpc) is 3.76. The summed E-state index contributed by atoms with van der Waals surface area (Å²) in [5.41, 5.74) is -0.715. The lowest BCUT2D eigenvalue weighted by Gasteiger charge is -2.30. The third kappa shape index (κ3) is 5.73. The van der Waals surface area contributed by atoms with Gasteiger partial charge in [-0.25, -0.2) is 8.42 Å². The van der Waals surface area contributed by atoms with Gasteiger partial charge < -0.3 is 20.1 Å². The number of nitrogens with one attached hydrogen (secondary N) is 3. The molecule has 2 aliphatic heterocycles. The van der Waals surface area contributed by atoms with E-state index in [-0.39, 0.29) is 23.9 Å². The van der Waals surface area contributed by atoms with Crippen molar-refractivity contribution in [1.29, 1.82) is 0 Å². The molecule has 1 aromatic heterocycles. The van der Waals surface area contributed by atoms with Crippen LogP contribution in [0.5, 0.6) is 0 Å². The van der Waals surface area contributed by atoms with E-state index in [0.717, 1.165) is 19.3 Å². The molecule has 5 rings (SSSR count). The molecule has 0 spiro atoms. The molecular weight excluding hydrogens is 526 g/mol. The maximum atomic E-state index is 13.7. The highest BCUT2D eigenvalue weighted by atomic mass is 32.2. The van der Waals surface area contributed by atoms with Crippen molar-refractivity contribution in [2.75, 3.05) is 6.54 Å². The van der Waals surface area contributed by atoms with Gasteiger partial charge in [-0.2, -0.15) is 0 Å². The summed E-state index contributed by atoms with van der Waals surface area (Å²) >= 11 is 0. The van der Waals surface area contributed by atoms with E-state index in [0.29, 0.717) is 50.6 Å². The van der Waals surface area contributed by atoms with Gasteiger partial charge in [0.2, 0.25) is 21.8 Å². The number of fused-ring (bicyclic) bond motifs is 2. The third-order valence-corrected chi connectivity index (χ3v) is 9.92. The van der Waals surface area contributed by atoms with Crippen molar-refractivity contribution in [3.8, 4) is 0 Å². The predicted molar refractivity (Wildman–Crippen MR) is 139 cm³/mol. The fourth-order valence-electron chi connectivity index (χ4n) is 5.51. The number of allylic oxidation sites excluding steroid dienone is 1. The first-order valence-electron chi connectivity index (χ1n) is 13.7. The SMILES string of the molecule is Cc1conc1C(=O)N[C@H]1CCCCC/C=C\[C@@H]2C[C@@]2(C(=O)NS(=O)(=O)C2CC2)NC(=O)[C@@H]2CCCN2C1=O. The fraction of sp³-hybridized carbons (Fsp3) is 0.654. The first-order chi connectivity index (χ1) is 18.6. The molecule has 3 N–H and O–H groups in total. The van der Waals surface area contributed by atoms with E-state index in [1.165, 1.54) is 11.2 Å². The van der Waals surface area contributed by atoms with Gasteiger partial charge >= 0.3 is 0 Å². The van der Waals surface area contributed by atoms with Crippen LogP contribution in [0.25, 0.3) is 0 Å². The van der Waals surface area contributed by atoms with Crippen LogP contribution in [0.2, 0.25) is 0 Å². The molecule has 0 aromatic carbocycles. The van der Waals surface area contributed by atoms with E-state index >= 15 is 0 Å². The van der Waals surface area contributed by atoms with Crippen LogP contribution < -0.4 is 15.4 Å². The topological polar surface area (TPSA) is 168 Å². The summed E-state index contributed by atoms with van der Waals surface area (Å²) in [5.74, 6) is -2.44. The van der Waals surface area contributed by atoms with Crippen LogP contribution in [0.1, 0.15) is 80.3 Å². The number of aryl methyl sites for hydroxylation is 1. The Morgan fingerprint density at radius 1 is 1.13 bits per heavy atom. The minimum Gasteiger partial charge on any atom is -0.364 e. The van der Waals surface area contributed by atoms with E-state index in [9.17, 15) is 27.6 Å². The molecule has 4 atom stereocenters. The van der Waals surface area contributed by atoms with Crippen molar-refractivity contribution in [3.63, 3.8) is 0 Å². The Kier molecular flexibility index (Phi) is 7.53. The van der Waals surface area contributed by atoms with Crippen LogP contribution >= 0.6 is 0 Å². The number of nitrogens with zero attached hydrogens (tertiary/aromatic N) is 2. The normalized spacial score (nSPS) is 30.7. The molecule has 3 fully saturated rings. The third-order valence-electron chi connectivity index (χ3n) is 8.10. The van der Waals surface area contributed by atoms with Gasteiger partial charge in [-0.05, 0) is 58.3 Å². The number of aromatic nitrogens is 1. The first kappa shape index (κ1) is 27.4. The summed E-state index contributed by atoms with van der Waals surface area (Å²) in [6, 6.07) is -1.68. The van der Waals surface area contributed by atoms with Gasteiger partial charge in [0.1, 0.15) is 23.9 Å². The van der Waals surface area contributed by atoms with Crippen molar-refractivity contribution in [3.05, 3.63) is 29.7 Å². The van der Waals surface area contributed by atoms with E-state index in [2.05, 4.69) is 20.5 Å². The second-order valence-electron chi connectivity index (χ2n) is 11.1. The number of carbonyl (C=O) groups is 4. The molecule has 13 heteroatoms. The predicted octanol–water partition coefficient (Wildman–Crippen LogP) is 1.08. The van der Waals surface area contributed by atoms with Crippen molar-refractivity contribution in [2.45, 2.75) is 94.0 Å². The first-order valence-corrected chi connectivity index (χ1v) is 15.2. The molecule has 4 aliphatic rings. The summed E-state index contributed by atoms with van der Waals surface area (Å²) in [5, 5.41) is 8.78. The Bertz CT molecular complexity index is 1290. The van der Waals surface area contributed by atoms with Crippen molar-refractivity contribution < 1.29 is 32.1 Å². The molecule has 212 valence electrons. The highest BCUT2D eigenvalue weighted by molar-refractivity contribution is 7.91. The second-order valence-corrected chi connectivity index (χ2v) is 13.0. The maximum absolute atomic E-state index is 13.7. The van der Waals surface area contributed by atoms with Crippen LogP contribution in [0.4, 0.5) is 0 Å². The zero-order valence-electron chi connectivity index (χ0n) is 22.0. The van der Waals surface area contributed by atoms with Crippen LogP contribution in [0, 0.1) is 12.8 Å². The zero-order valence-corrected chi connectivity index (χ0v) is 22.8. The molecule has 1 saturated heterocycles. The molecule has 3 heterocycles. The van der Waals surface area contributed by atoms with Crippen LogP contribution in [0.15, 0.2) is 22.9 Å². The van der Waals surface area contributed by atoms with E-state index < -0.39 is 50.6 Å². The summed E-state index contributed by atoms with van der Waals surface area (Å²) in [7, 11) is -3.79. The number of sulfonamides is 1. The number of hydrogen-bond donors (Lipinski definition) is 3. The zero-order chi connectivity index (χ0) is 27.8. The summed E-state index contributed by atoms with van der Waals surface area (Å²) in [6.45, 7) is 2.02. The van der Waals surface area contributed by atoms with Gasteiger partial charge in [0, 0.05) is 18.0 Å². The van der Waals surface area contributed by atoms with Gasteiger partial charge in [-0.3, -0.25) is 23.9 Å². The van der Waals surface area contributed by atoms with Crippen molar-refractivity contribution >= 4 is 33.7 Å². The van der Waals surface area contributed by atoms with Crippen LogP contribution in [0.3, 0.4) is 0 Å². The molecule has 39 heavy (non-hydrogen) atoms. The Morgan fingerprint density at radius 3 is 2.64 bits per heavy atom. The van der Waals surface area contributed by atoms with E-state index in [1.54, 1.807) is 6.92 Å². The molecule has 2 aliphatic carbocycles. The van der Waals surface area contributed by atoms with Crippen LogP contribution in [-0.2, 0) is 24.4 Å². The summed E-state index contributed by atoms with van der Waals surface area (Å²) < 4.78 is 32.0. The largest absolute Gasteiger partial charge is 0.364 e. The Morgan fingerprint density at radius 2 is 1.92 bits per heavy atom. The molecule has 12 nitrogen and oxygen atoms in total. The minimum atomic E-state index is -3.79. The van der Waals surface area contributed by atoms with Gasteiger partial charge in [-0.15, -0.1) is 0 Å². The second kappa shape index (κ2) is 10.7. The minimum absolute atomic E-state index is 0.105. The number of carbonyl (C=O) groups excluding carboxylic acids is 4. The maximum Gasteiger partial charge on any atom is 0.274 e. The lowest BCUT2D eigenvalue weighted by Crippen LogP contribution is -2.58. The molecule has 0 radical (unpaired) electrons. The molecule has 0 bridgehead atoms. The fourth-order valence-corrected chi connectivity index (χ4v) is 6.87. The summed E-state index contributed by atoms with van der Waals surface area (Å²) in [4.78, 5) is 54.8. The average molecular weight is 562 g/mol.